The highest BCUT2D eigenvalue weighted by molar-refractivity contribution is 7.26. The number of benzene rings is 6. The van der Waals surface area contributed by atoms with Gasteiger partial charge >= 0.3 is 0 Å². The lowest BCUT2D eigenvalue weighted by molar-refractivity contribution is 1.26. The molecule has 36 heavy (non-hydrogen) atoms. The third kappa shape index (κ3) is 2.87. The van der Waals surface area contributed by atoms with Gasteiger partial charge < -0.3 is 0 Å². The third-order valence-electron chi connectivity index (χ3n) is 7.71. The summed E-state index contributed by atoms with van der Waals surface area (Å²) in [7, 11) is 0. The van der Waals surface area contributed by atoms with Gasteiger partial charge in [0.2, 0.25) is 0 Å². The second-order valence-electron chi connectivity index (χ2n) is 9.70. The molecule has 0 spiro atoms. The minimum atomic E-state index is 1.03. The van der Waals surface area contributed by atoms with Gasteiger partial charge in [-0.3, -0.25) is 0 Å². The van der Waals surface area contributed by atoms with Crippen molar-refractivity contribution in [3.8, 4) is 33.4 Å². The molecule has 1 heteroatoms. The van der Waals surface area contributed by atoms with Crippen molar-refractivity contribution in [1.82, 2.24) is 0 Å². The minimum absolute atomic E-state index is 1.03. The van der Waals surface area contributed by atoms with Crippen LogP contribution in [-0.2, 0) is 6.42 Å². The molecule has 7 aromatic rings. The van der Waals surface area contributed by atoms with E-state index in [1.54, 1.807) is 0 Å². The molecule has 0 fully saturated rings. The Bertz CT molecular complexity index is 1970. The molecule has 0 bridgehead atoms. The summed E-state index contributed by atoms with van der Waals surface area (Å²) in [5, 5.41) is 5.28. The first kappa shape index (κ1) is 20.0. The summed E-state index contributed by atoms with van der Waals surface area (Å²) in [4.78, 5) is 0. The molecule has 6 aromatic carbocycles. The van der Waals surface area contributed by atoms with E-state index >= 15 is 0 Å². The Hall–Kier alpha value is -4.20. The summed E-state index contributed by atoms with van der Waals surface area (Å²) in [6, 6.07) is 44.8. The standard InChI is InChI=1S/C35H22S/c1-3-11-26-22(8-1)10-5-14-29(26)30-15-7-17-32-31-16-6-13-28(34(31)36-35(30)32)25-19-18-24-20-23-9-2-4-12-27(23)33(24)21-25/h1-19,21H,20H2. The molecule has 1 aliphatic rings. The van der Waals surface area contributed by atoms with Crippen LogP contribution in [0.2, 0.25) is 0 Å². The van der Waals surface area contributed by atoms with Crippen LogP contribution in [0.5, 0.6) is 0 Å². The Morgan fingerprint density at radius 3 is 1.94 bits per heavy atom. The van der Waals surface area contributed by atoms with E-state index in [4.69, 9.17) is 0 Å². The van der Waals surface area contributed by atoms with E-state index in [1.807, 2.05) is 11.3 Å². The van der Waals surface area contributed by atoms with E-state index in [-0.39, 0.29) is 0 Å². The molecule has 1 aliphatic carbocycles. The van der Waals surface area contributed by atoms with Crippen molar-refractivity contribution in [3.05, 3.63) is 132 Å². The highest BCUT2D eigenvalue weighted by Crippen LogP contribution is 2.46. The Labute approximate surface area is 214 Å². The zero-order valence-electron chi connectivity index (χ0n) is 19.7. The van der Waals surface area contributed by atoms with Crippen molar-refractivity contribution in [1.29, 1.82) is 0 Å². The maximum Gasteiger partial charge on any atom is 0.0434 e. The zero-order valence-corrected chi connectivity index (χ0v) is 20.5. The topological polar surface area (TPSA) is 0 Å². The van der Waals surface area contributed by atoms with Gasteiger partial charge in [0.25, 0.3) is 0 Å². The maximum atomic E-state index is 2.41. The van der Waals surface area contributed by atoms with E-state index in [9.17, 15) is 0 Å². The molecule has 0 nitrogen and oxygen atoms in total. The molecule has 0 N–H and O–H groups in total. The fourth-order valence-electron chi connectivity index (χ4n) is 6.01. The second kappa shape index (κ2) is 7.65. The Morgan fingerprint density at radius 2 is 1.03 bits per heavy atom. The van der Waals surface area contributed by atoms with Crippen molar-refractivity contribution < 1.29 is 0 Å². The van der Waals surface area contributed by atoms with Gasteiger partial charge in [-0.25, -0.2) is 0 Å². The van der Waals surface area contributed by atoms with Gasteiger partial charge in [-0.15, -0.1) is 11.3 Å². The average Bonchev–Trinajstić information content (AvgIpc) is 3.51. The lowest BCUT2D eigenvalue weighted by Gasteiger charge is -2.08. The van der Waals surface area contributed by atoms with Crippen LogP contribution in [0.15, 0.2) is 121 Å². The molecule has 0 atom stereocenters. The molecule has 0 amide bonds. The molecule has 8 rings (SSSR count). The van der Waals surface area contributed by atoms with Crippen LogP contribution >= 0.6 is 11.3 Å². The van der Waals surface area contributed by atoms with E-state index in [0.29, 0.717) is 0 Å². The molecule has 0 unspecified atom stereocenters. The molecule has 1 aromatic heterocycles. The van der Waals surface area contributed by atoms with Crippen LogP contribution in [-0.4, -0.2) is 0 Å². The van der Waals surface area contributed by atoms with Gasteiger partial charge in [0.15, 0.2) is 0 Å². The Kier molecular flexibility index (Phi) is 4.26. The van der Waals surface area contributed by atoms with Crippen molar-refractivity contribution in [2.45, 2.75) is 6.42 Å². The first-order valence-corrected chi connectivity index (χ1v) is 13.3. The summed E-state index contributed by atoms with van der Waals surface area (Å²) in [6.45, 7) is 0. The van der Waals surface area contributed by atoms with Gasteiger partial charge in [0, 0.05) is 25.7 Å². The first-order valence-electron chi connectivity index (χ1n) is 12.5. The normalized spacial score (nSPS) is 12.3. The second-order valence-corrected chi connectivity index (χ2v) is 10.7. The van der Waals surface area contributed by atoms with Crippen molar-refractivity contribution >= 4 is 42.3 Å². The molecule has 0 saturated heterocycles. The molecule has 0 aliphatic heterocycles. The van der Waals surface area contributed by atoms with E-state index in [0.717, 1.165) is 6.42 Å². The molecular formula is C35H22S. The summed E-state index contributed by atoms with van der Waals surface area (Å²) in [5.41, 5.74) is 10.9. The molecule has 168 valence electrons. The number of thiophene rings is 1. The average molecular weight is 475 g/mol. The molecule has 0 saturated carbocycles. The van der Waals surface area contributed by atoms with Gasteiger partial charge in [0.1, 0.15) is 0 Å². The lowest BCUT2D eigenvalue weighted by atomic mass is 9.96. The van der Waals surface area contributed by atoms with Crippen LogP contribution in [0.25, 0.3) is 64.3 Å². The smallest absolute Gasteiger partial charge is 0.0434 e. The Morgan fingerprint density at radius 1 is 0.417 bits per heavy atom. The minimum Gasteiger partial charge on any atom is -0.134 e. The quantitative estimate of drug-likeness (QED) is 0.234. The highest BCUT2D eigenvalue weighted by atomic mass is 32.1. The largest absolute Gasteiger partial charge is 0.134 e. The van der Waals surface area contributed by atoms with E-state index < -0.39 is 0 Å². The lowest BCUT2D eigenvalue weighted by Crippen LogP contribution is -1.83. The van der Waals surface area contributed by atoms with E-state index in [1.165, 1.54) is 75.5 Å². The third-order valence-corrected chi connectivity index (χ3v) is 9.00. The van der Waals surface area contributed by atoms with E-state index in [2.05, 4.69) is 121 Å². The van der Waals surface area contributed by atoms with Gasteiger partial charge in [-0.2, -0.15) is 0 Å². The number of fused-ring (bicyclic) bond motifs is 7. The van der Waals surface area contributed by atoms with Gasteiger partial charge in [-0.1, -0.05) is 115 Å². The molecular weight excluding hydrogens is 452 g/mol. The summed E-state index contributed by atoms with van der Waals surface area (Å²) < 4.78 is 2.73. The highest BCUT2D eigenvalue weighted by Gasteiger charge is 2.20. The van der Waals surface area contributed by atoms with Crippen molar-refractivity contribution in [2.75, 3.05) is 0 Å². The maximum absolute atomic E-state index is 2.41. The summed E-state index contributed by atoms with van der Waals surface area (Å²) in [6.07, 6.45) is 1.03. The van der Waals surface area contributed by atoms with Crippen molar-refractivity contribution in [2.24, 2.45) is 0 Å². The summed E-state index contributed by atoms with van der Waals surface area (Å²) >= 11 is 1.93. The predicted molar refractivity (Wildman–Crippen MR) is 156 cm³/mol. The molecule has 1 heterocycles. The van der Waals surface area contributed by atoms with Crippen LogP contribution in [0.3, 0.4) is 0 Å². The zero-order chi connectivity index (χ0) is 23.6. The monoisotopic (exact) mass is 474 g/mol. The fraction of sp³-hybridized carbons (Fsp3) is 0.0286. The Balaban J connectivity index is 1.37. The van der Waals surface area contributed by atoms with Gasteiger partial charge in [0.05, 0.1) is 0 Å². The number of hydrogen-bond acceptors (Lipinski definition) is 1. The van der Waals surface area contributed by atoms with Crippen LogP contribution in [0, 0.1) is 0 Å². The SMILES string of the molecule is c1ccc2c(c1)Cc1ccc(-c3cccc4c3sc3c(-c5cccc6ccccc56)cccc34)cc1-2. The van der Waals surface area contributed by atoms with Gasteiger partial charge in [-0.05, 0) is 62.2 Å². The molecule has 0 radical (unpaired) electrons. The fourth-order valence-corrected chi connectivity index (χ4v) is 7.37. The van der Waals surface area contributed by atoms with Crippen LogP contribution in [0.4, 0.5) is 0 Å². The first-order chi connectivity index (χ1) is 17.8. The predicted octanol–water partition coefficient (Wildman–Crippen LogP) is 10.1. The van der Waals surface area contributed by atoms with Crippen molar-refractivity contribution in [3.63, 3.8) is 0 Å². The van der Waals surface area contributed by atoms with Crippen LogP contribution in [0.1, 0.15) is 11.1 Å². The number of rotatable bonds is 2. The summed E-state index contributed by atoms with van der Waals surface area (Å²) in [5.74, 6) is 0. The number of hydrogen-bond donors (Lipinski definition) is 0. The van der Waals surface area contributed by atoms with Crippen LogP contribution < -0.4 is 0 Å².